The van der Waals surface area contributed by atoms with E-state index in [0.29, 0.717) is 0 Å². The minimum absolute atomic E-state index is 0.105. The molecule has 0 amide bonds. The lowest BCUT2D eigenvalue weighted by Gasteiger charge is -2.17. The Morgan fingerprint density at radius 2 is 1.45 bits per heavy atom. The summed E-state index contributed by atoms with van der Waals surface area (Å²) in [7, 11) is -4.94. The van der Waals surface area contributed by atoms with E-state index >= 15 is 0 Å². The zero-order chi connectivity index (χ0) is 16.7. The van der Waals surface area contributed by atoms with Gasteiger partial charge in [0, 0.05) is 23.8 Å². The number of halogens is 1. The lowest BCUT2D eigenvalue weighted by atomic mass is 9.82. The molecule has 118 valence electrons. The molecule has 0 spiro atoms. The molecule has 5 nitrogen and oxygen atoms in total. The Labute approximate surface area is 131 Å². The highest BCUT2D eigenvalue weighted by Gasteiger charge is 2.43. The number of nitrogens with zero attached hydrogens (tertiary/aromatic N) is 1. The first-order valence-electron chi connectivity index (χ1n) is 6.76. The third kappa shape index (κ3) is 3.45. The molecule has 0 saturated heterocycles. The minimum atomic E-state index is -4.94. The molecule has 0 N–H and O–H groups in total. The second-order valence-corrected chi connectivity index (χ2v) is 6.74. The summed E-state index contributed by atoms with van der Waals surface area (Å²) in [5, 5.41) is 0. The van der Waals surface area contributed by atoms with E-state index in [-0.39, 0.29) is 5.41 Å². The predicted octanol–water partition coefficient (Wildman–Crippen LogP) is -1.54. The van der Waals surface area contributed by atoms with Crippen LogP contribution in [0.5, 0.6) is 0 Å². The Kier molecular flexibility index (Phi) is 4.30. The van der Waals surface area contributed by atoms with Gasteiger partial charge >= 0.3 is 0 Å². The standard InChI is InChI=1S/C16H18N.ClHO4/c1-11-5-6-14-13(9-11)16(3,4)15-10-12(2)7-8-17(14)15;2-1(3,4)5/h5-10H,1-4H3;(H,2,3,4,5)/q+1;/p-1. The minimum Gasteiger partial charge on any atom is -0.222 e. The van der Waals surface area contributed by atoms with E-state index in [4.69, 9.17) is 18.6 Å². The molecule has 22 heavy (non-hydrogen) atoms. The summed E-state index contributed by atoms with van der Waals surface area (Å²) in [5.74, 6) is 0. The molecular formula is C16H18ClNO4. The van der Waals surface area contributed by atoms with Crippen LogP contribution in [0.15, 0.2) is 36.5 Å². The fourth-order valence-corrected chi connectivity index (χ4v) is 2.80. The molecule has 1 aliphatic heterocycles. The second kappa shape index (κ2) is 5.61. The molecule has 1 aromatic carbocycles. The predicted molar refractivity (Wildman–Crippen MR) is 69.6 cm³/mol. The molecule has 0 aliphatic carbocycles. The zero-order valence-electron chi connectivity index (χ0n) is 12.9. The van der Waals surface area contributed by atoms with Crippen molar-refractivity contribution in [2.24, 2.45) is 0 Å². The van der Waals surface area contributed by atoms with E-state index in [1.165, 1.54) is 28.1 Å². The Hall–Kier alpha value is -1.50. The Balaban J connectivity index is 0.000000309. The van der Waals surface area contributed by atoms with Gasteiger partial charge in [0.1, 0.15) is 0 Å². The maximum absolute atomic E-state index is 8.49. The largest absolute Gasteiger partial charge is 0.222 e. The maximum Gasteiger partial charge on any atom is 0.215 e. The smallest absolute Gasteiger partial charge is 0.215 e. The van der Waals surface area contributed by atoms with Crippen molar-refractivity contribution in [1.29, 1.82) is 0 Å². The number of benzene rings is 1. The van der Waals surface area contributed by atoms with Gasteiger partial charge in [-0.2, -0.15) is 4.57 Å². The van der Waals surface area contributed by atoms with Crippen LogP contribution in [-0.2, 0) is 5.41 Å². The van der Waals surface area contributed by atoms with Crippen LogP contribution in [0.25, 0.3) is 5.69 Å². The number of rotatable bonds is 0. The van der Waals surface area contributed by atoms with Crippen molar-refractivity contribution in [3.05, 3.63) is 58.9 Å². The van der Waals surface area contributed by atoms with Crippen LogP contribution in [0, 0.1) is 24.1 Å². The van der Waals surface area contributed by atoms with Gasteiger partial charge in [-0.3, -0.25) is 0 Å². The Bertz CT molecular complexity index is 648. The Morgan fingerprint density at radius 1 is 0.909 bits per heavy atom. The molecule has 2 heterocycles. The van der Waals surface area contributed by atoms with E-state index in [2.05, 4.69) is 68.8 Å². The molecule has 2 aromatic rings. The molecule has 1 aromatic heterocycles. The van der Waals surface area contributed by atoms with Crippen LogP contribution in [0.4, 0.5) is 0 Å². The van der Waals surface area contributed by atoms with Gasteiger partial charge in [0.05, 0.1) is 5.41 Å². The average Bonchev–Trinajstić information content (AvgIpc) is 2.57. The summed E-state index contributed by atoms with van der Waals surface area (Å²) in [6.07, 6.45) is 2.19. The van der Waals surface area contributed by atoms with Gasteiger partial charge in [-0.1, -0.05) is 11.6 Å². The number of pyridine rings is 1. The molecule has 0 atom stereocenters. The van der Waals surface area contributed by atoms with Crippen molar-refractivity contribution < 1.29 is 33.4 Å². The van der Waals surface area contributed by atoms with Crippen LogP contribution in [-0.4, -0.2) is 0 Å². The third-order valence-electron chi connectivity index (χ3n) is 3.84. The molecule has 6 heteroatoms. The molecule has 0 fully saturated rings. The third-order valence-corrected chi connectivity index (χ3v) is 3.84. The van der Waals surface area contributed by atoms with E-state index in [1.54, 1.807) is 0 Å². The molecule has 0 bridgehead atoms. The highest BCUT2D eigenvalue weighted by molar-refractivity contribution is 5.49. The van der Waals surface area contributed by atoms with Gasteiger partial charge in [-0.15, -0.1) is 10.2 Å². The van der Waals surface area contributed by atoms with Crippen molar-refractivity contribution in [3.63, 3.8) is 0 Å². The first-order chi connectivity index (χ1) is 10.00. The summed E-state index contributed by atoms with van der Waals surface area (Å²) in [4.78, 5) is 0. The van der Waals surface area contributed by atoms with E-state index < -0.39 is 10.2 Å². The molecule has 0 radical (unpaired) electrons. The van der Waals surface area contributed by atoms with Crippen molar-refractivity contribution in [1.82, 2.24) is 0 Å². The highest BCUT2D eigenvalue weighted by Crippen LogP contribution is 2.38. The van der Waals surface area contributed by atoms with Gasteiger partial charge in [0.25, 0.3) is 0 Å². The van der Waals surface area contributed by atoms with Crippen LogP contribution in [0.2, 0.25) is 0 Å². The summed E-state index contributed by atoms with van der Waals surface area (Å²) in [6, 6.07) is 11.2. The molecule has 0 unspecified atom stereocenters. The van der Waals surface area contributed by atoms with E-state index in [9.17, 15) is 0 Å². The van der Waals surface area contributed by atoms with Crippen molar-refractivity contribution in [3.8, 4) is 5.69 Å². The normalized spacial score (nSPS) is 14.7. The lowest BCUT2D eigenvalue weighted by molar-refractivity contribution is -2.00. The fraction of sp³-hybridized carbons (Fsp3) is 0.312. The molecule has 1 aliphatic rings. The van der Waals surface area contributed by atoms with Gasteiger partial charge in [0.2, 0.25) is 5.69 Å². The van der Waals surface area contributed by atoms with Crippen LogP contribution >= 0.6 is 0 Å². The second-order valence-electron chi connectivity index (χ2n) is 5.98. The summed E-state index contributed by atoms with van der Waals surface area (Å²) >= 11 is 0. The summed E-state index contributed by atoms with van der Waals surface area (Å²) in [6.45, 7) is 8.94. The van der Waals surface area contributed by atoms with Crippen molar-refractivity contribution >= 4 is 0 Å². The van der Waals surface area contributed by atoms with Crippen LogP contribution in [0.3, 0.4) is 0 Å². The monoisotopic (exact) mass is 323 g/mol. The zero-order valence-corrected chi connectivity index (χ0v) is 13.7. The van der Waals surface area contributed by atoms with E-state index in [1.807, 2.05) is 0 Å². The lowest BCUT2D eigenvalue weighted by Crippen LogP contribution is -2.68. The van der Waals surface area contributed by atoms with Crippen molar-refractivity contribution in [2.45, 2.75) is 33.1 Å². The van der Waals surface area contributed by atoms with Gasteiger partial charge in [0.15, 0.2) is 11.9 Å². The Morgan fingerprint density at radius 3 is 2.05 bits per heavy atom. The van der Waals surface area contributed by atoms with E-state index in [0.717, 1.165) is 0 Å². The number of aryl methyl sites for hydroxylation is 2. The summed E-state index contributed by atoms with van der Waals surface area (Å²) < 4.78 is 36.3. The maximum atomic E-state index is 8.49. The van der Waals surface area contributed by atoms with Crippen LogP contribution in [0.1, 0.15) is 36.2 Å². The first-order valence-corrected chi connectivity index (χ1v) is 7.99. The fourth-order valence-electron chi connectivity index (χ4n) is 2.80. The van der Waals surface area contributed by atoms with Gasteiger partial charge in [-0.05, 0) is 39.3 Å². The molecule has 0 saturated carbocycles. The average molecular weight is 324 g/mol. The number of aromatic nitrogens is 1. The topological polar surface area (TPSA) is 96.1 Å². The van der Waals surface area contributed by atoms with Crippen LogP contribution < -0.4 is 23.2 Å². The quantitative estimate of drug-likeness (QED) is 0.549. The van der Waals surface area contributed by atoms with Gasteiger partial charge < -0.3 is 0 Å². The summed E-state index contributed by atoms with van der Waals surface area (Å²) in [5.41, 5.74) is 6.92. The van der Waals surface area contributed by atoms with Gasteiger partial charge in [-0.25, -0.2) is 18.6 Å². The SMILES string of the molecule is Cc1ccc2c(c1)C(C)(C)c1cc(C)cc[n+]1-2.[O-][Cl+3]([O-])([O-])[O-]. The molecule has 3 rings (SSSR count). The highest BCUT2D eigenvalue weighted by atomic mass is 35.7. The molecular weight excluding hydrogens is 306 g/mol. The van der Waals surface area contributed by atoms with Crippen molar-refractivity contribution in [2.75, 3.05) is 0 Å². The number of hydrogen-bond donors (Lipinski definition) is 0. The first kappa shape index (κ1) is 16.9. The number of hydrogen-bond acceptors (Lipinski definition) is 4. The number of fused-ring (bicyclic) bond motifs is 3.